The van der Waals surface area contributed by atoms with E-state index < -0.39 is 0 Å². The Kier molecular flexibility index (Phi) is 2.63. The van der Waals surface area contributed by atoms with Crippen molar-refractivity contribution in [2.24, 2.45) is 0 Å². The highest BCUT2D eigenvalue weighted by Gasteiger charge is 2.35. The van der Waals surface area contributed by atoms with Gasteiger partial charge in [0, 0.05) is 12.8 Å². The summed E-state index contributed by atoms with van der Waals surface area (Å²) in [6.45, 7) is 5.82. The van der Waals surface area contributed by atoms with Crippen LogP contribution in [0.3, 0.4) is 0 Å². The second-order valence-electron chi connectivity index (χ2n) is 3.97. The molecule has 1 aliphatic heterocycles. The molecule has 0 N–H and O–H groups in total. The Labute approximate surface area is 91.1 Å². The molecular weight excluding hydrogens is 184 g/mol. The first kappa shape index (κ1) is 10.0. The minimum atomic E-state index is -0.201. The summed E-state index contributed by atoms with van der Waals surface area (Å²) in [5, 5.41) is 0. The van der Waals surface area contributed by atoms with Crippen molar-refractivity contribution in [3.05, 3.63) is 60.4 Å². The Morgan fingerprint density at radius 1 is 1.40 bits per heavy atom. The first-order valence-corrected chi connectivity index (χ1v) is 5.29. The molecule has 0 aliphatic carbocycles. The van der Waals surface area contributed by atoms with Crippen LogP contribution < -0.4 is 0 Å². The monoisotopic (exact) mass is 200 g/mol. The van der Waals surface area contributed by atoms with Gasteiger partial charge in [-0.25, -0.2) is 0 Å². The Morgan fingerprint density at radius 2 is 2.13 bits per heavy atom. The van der Waals surface area contributed by atoms with Gasteiger partial charge in [0.15, 0.2) is 0 Å². The lowest BCUT2D eigenvalue weighted by Crippen LogP contribution is -2.24. The molecule has 2 rings (SSSR count). The van der Waals surface area contributed by atoms with Crippen LogP contribution in [0.5, 0.6) is 0 Å². The average molecular weight is 200 g/mol. The van der Waals surface area contributed by atoms with Gasteiger partial charge in [0.05, 0.1) is 5.76 Å². The quantitative estimate of drug-likeness (QED) is 0.675. The van der Waals surface area contributed by atoms with Crippen LogP contribution in [-0.2, 0) is 10.3 Å². The van der Waals surface area contributed by atoms with Gasteiger partial charge in [-0.3, -0.25) is 0 Å². The number of ether oxygens (including phenoxy) is 1. The molecule has 15 heavy (non-hydrogen) atoms. The molecule has 1 nitrogen and oxygen atoms in total. The third-order valence-corrected chi connectivity index (χ3v) is 2.85. The van der Waals surface area contributed by atoms with Crippen LogP contribution in [0, 0.1) is 0 Å². The normalized spacial score (nSPS) is 24.5. The second kappa shape index (κ2) is 3.93. The SMILES string of the molecule is C=CCC1(c2ccccc2)CC=C(C)O1. The Morgan fingerprint density at radius 3 is 2.67 bits per heavy atom. The summed E-state index contributed by atoms with van der Waals surface area (Å²) in [5.41, 5.74) is 1.03. The van der Waals surface area contributed by atoms with Gasteiger partial charge >= 0.3 is 0 Å². The zero-order valence-electron chi connectivity index (χ0n) is 9.07. The van der Waals surface area contributed by atoms with Crippen molar-refractivity contribution < 1.29 is 4.74 Å². The molecule has 0 saturated carbocycles. The molecule has 1 unspecified atom stereocenters. The van der Waals surface area contributed by atoms with E-state index in [4.69, 9.17) is 4.74 Å². The van der Waals surface area contributed by atoms with E-state index >= 15 is 0 Å². The lowest BCUT2D eigenvalue weighted by molar-refractivity contribution is 0.0259. The molecule has 1 aromatic rings. The van der Waals surface area contributed by atoms with Crippen molar-refractivity contribution in [3.8, 4) is 0 Å². The van der Waals surface area contributed by atoms with Crippen molar-refractivity contribution >= 4 is 0 Å². The second-order valence-corrected chi connectivity index (χ2v) is 3.97. The van der Waals surface area contributed by atoms with Gasteiger partial charge in [0.2, 0.25) is 0 Å². The standard InChI is InChI=1S/C14H16O/c1-3-10-14(11-9-12(2)15-14)13-7-5-4-6-8-13/h3-9H,1,10-11H2,2H3. The van der Waals surface area contributed by atoms with E-state index in [0.29, 0.717) is 0 Å². The number of allylic oxidation sites excluding steroid dienone is 1. The summed E-state index contributed by atoms with van der Waals surface area (Å²) in [4.78, 5) is 0. The maximum Gasteiger partial charge on any atom is 0.140 e. The predicted molar refractivity (Wildman–Crippen MR) is 62.4 cm³/mol. The van der Waals surface area contributed by atoms with Crippen LogP contribution in [0.25, 0.3) is 0 Å². The highest BCUT2D eigenvalue weighted by atomic mass is 16.5. The van der Waals surface area contributed by atoms with Gasteiger partial charge in [-0.2, -0.15) is 0 Å². The van der Waals surface area contributed by atoms with Gasteiger partial charge in [-0.1, -0.05) is 36.4 Å². The fraction of sp³-hybridized carbons (Fsp3) is 0.286. The highest BCUT2D eigenvalue weighted by Crippen LogP contribution is 2.40. The first-order chi connectivity index (χ1) is 7.27. The molecule has 1 heterocycles. The van der Waals surface area contributed by atoms with E-state index in [9.17, 15) is 0 Å². The van der Waals surface area contributed by atoms with Crippen molar-refractivity contribution in [2.45, 2.75) is 25.4 Å². The molecule has 1 heteroatoms. The minimum Gasteiger partial charge on any atom is -0.487 e. The smallest absolute Gasteiger partial charge is 0.140 e. The molecule has 0 fully saturated rings. The molecule has 0 bridgehead atoms. The molecule has 78 valence electrons. The summed E-state index contributed by atoms with van der Waals surface area (Å²) in [6, 6.07) is 10.4. The third kappa shape index (κ3) is 1.82. The largest absolute Gasteiger partial charge is 0.487 e. The number of hydrogen-bond acceptors (Lipinski definition) is 1. The molecule has 0 amide bonds. The fourth-order valence-electron chi connectivity index (χ4n) is 2.09. The van der Waals surface area contributed by atoms with Crippen LogP contribution in [0.15, 0.2) is 54.8 Å². The summed E-state index contributed by atoms with van der Waals surface area (Å²) in [7, 11) is 0. The fourth-order valence-corrected chi connectivity index (χ4v) is 2.09. The van der Waals surface area contributed by atoms with Crippen molar-refractivity contribution in [1.82, 2.24) is 0 Å². The molecule has 0 aromatic heterocycles. The summed E-state index contributed by atoms with van der Waals surface area (Å²) in [5.74, 6) is 1.01. The van der Waals surface area contributed by atoms with Crippen LogP contribution >= 0.6 is 0 Å². The van der Waals surface area contributed by atoms with E-state index in [1.165, 1.54) is 5.56 Å². The van der Waals surface area contributed by atoms with E-state index in [2.05, 4.69) is 36.9 Å². The zero-order valence-corrected chi connectivity index (χ0v) is 9.07. The van der Waals surface area contributed by atoms with E-state index in [1.807, 2.05) is 19.1 Å². The van der Waals surface area contributed by atoms with Crippen LogP contribution in [0.2, 0.25) is 0 Å². The van der Waals surface area contributed by atoms with E-state index in [-0.39, 0.29) is 5.60 Å². The predicted octanol–water partition coefficient (Wildman–Crippen LogP) is 3.78. The van der Waals surface area contributed by atoms with Crippen LogP contribution in [0.4, 0.5) is 0 Å². The molecular formula is C14H16O. The lowest BCUT2D eigenvalue weighted by Gasteiger charge is -2.29. The molecule has 1 aromatic carbocycles. The Bertz CT molecular complexity index is 378. The van der Waals surface area contributed by atoms with Gasteiger partial charge in [0.1, 0.15) is 5.60 Å². The molecule has 0 spiro atoms. The zero-order chi connectivity index (χ0) is 10.7. The highest BCUT2D eigenvalue weighted by molar-refractivity contribution is 5.27. The Hall–Kier alpha value is -1.50. The molecule has 1 atom stereocenters. The maximum atomic E-state index is 5.97. The number of hydrogen-bond donors (Lipinski definition) is 0. The Balaban J connectivity index is 2.33. The van der Waals surface area contributed by atoms with Crippen molar-refractivity contribution in [3.63, 3.8) is 0 Å². The number of rotatable bonds is 3. The van der Waals surface area contributed by atoms with Crippen LogP contribution in [0.1, 0.15) is 25.3 Å². The van der Waals surface area contributed by atoms with Crippen molar-refractivity contribution in [1.29, 1.82) is 0 Å². The molecule has 0 saturated heterocycles. The van der Waals surface area contributed by atoms with Gasteiger partial charge < -0.3 is 4.74 Å². The topological polar surface area (TPSA) is 9.23 Å². The van der Waals surface area contributed by atoms with Gasteiger partial charge in [-0.15, -0.1) is 6.58 Å². The summed E-state index contributed by atoms with van der Waals surface area (Å²) < 4.78 is 5.97. The maximum absolute atomic E-state index is 5.97. The lowest BCUT2D eigenvalue weighted by atomic mass is 9.88. The molecule has 1 aliphatic rings. The van der Waals surface area contributed by atoms with Crippen molar-refractivity contribution in [2.75, 3.05) is 0 Å². The summed E-state index contributed by atoms with van der Waals surface area (Å²) in [6.07, 6.45) is 5.87. The summed E-state index contributed by atoms with van der Waals surface area (Å²) >= 11 is 0. The first-order valence-electron chi connectivity index (χ1n) is 5.29. The third-order valence-electron chi connectivity index (χ3n) is 2.85. The van der Waals surface area contributed by atoms with E-state index in [1.54, 1.807) is 0 Å². The van der Waals surface area contributed by atoms with Gasteiger partial charge in [-0.05, 0) is 18.6 Å². The van der Waals surface area contributed by atoms with E-state index in [0.717, 1.165) is 18.6 Å². The van der Waals surface area contributed by atoms with Gasteiger partial charge in [0.25, 0.3) is 0 Å². The average Bonchev–Trinajstić information content (AvgIpc) is 2.63. The van der Waals surface area contributed by atoms with Crippen LogP contribution in [-0.4, -0.2) is 0 Å². The number of benzene rings is 1. The minimum absolute atomic E-state index is 0.201. The molecule has 0 radical (unpaired) electrons.